The number of hydrazone groups is 1. The van der Waals surface area contributed by atoms with Gasteiger partial charge < -0.3 is 10.2 Å². The number of carbonyl (C=O) groups is 1. The van der Waals surface area contributed by atoms with Crippen LogP contribution in [-0.4, -0.2) is 22.3 Å². The Bertz CT molecular complexity index is 1130. The molecule has 0 fully saturated rings. The van der Waals surface area contributed by atoms with Crippen molar-refractivity contribution in [2.24, 2.45) is 5.10 Å². The van der Waals surface area contributed by atoms with Gasteiger partial charge in [0.2, 0.25) is 0 Å². The molecule has 162 valence electrons. The molecule has 0 saturated heterocycles. The Morgan fingerprint density at radius 1 is 0.871 bits per heavy atom. The van der Waals surface area contributed by atoms with Crippen LogP contribution < -0.4 is 5.43 Å². The maximum atomic E-state index is 12.8. The number of benzene rings is 3. The Labute approximate surface area is 183 Å². The first-order chi connectivity index (χ1) is 14.4. The molecule has 1 amide bonds. The first-order valence-electron chi connectivity index (χ1n) is 10.3. The van der Waals surface area contributed by atoms with E-state index in [0.29, 0.717) is 22.3 Å². The first-order valence-corrected chi connectivity index (χ1v) is 10.3. The largest absolute Gasteiger partial charge is 0.507 e. The highest BCUT2D eigenvalue weighted by atomic mass is 16.3. The van der Waals surface area contributed by atoms with Gasteiger partial charge in [-0.3, -0.25) is 4.79 Å². The maximum Gasteiger partial charge on any atom is 0.271 e. The number of aromatic hydroxyl groups is 2. The van der Waals surface area contributed by atoms with Crippen molar-refractivity contribution in [1.29, 1.82) is 0 Å². The molecule has 0 unspecified atom stereocenters. The Hall–Kier alpha value is -3.34. The van der Waals surface area contributed by atoms with E-state index in [1.54, 1.807) is 18.2 Å². The third-order valence-electron chi connectivity index (χ3n) is 5.25. The number of rotatable bonds is 3. The van der Waals surface area contributed by atoms with E-state index in [2.05, 4.69) is 10.5 Å². The summed E-state index contributed by atoms with van der Waals surface area (Å²) in [5, 5.41) is 27.0. The molecule has 3 rings (SSSR count). The number of fused-ring (bicyclic) bond motifs is 1. The van der Waals surface area contributed by atoms with Gasteiger partial charge in [-0.15, -0.1) is 0 Å². The highest BCUT2D eigenvalue weighted by Crippen LogP contribution is 2.39. The molecule has 0 atom stereocenters. The second-order valence-corrected chi connectivity index (χ2v) is 9.88. The topological polar surface area (TPSA) is 81.9 Å². The number of hydrogen-bond acceptors (Lipinski definition) is 4. The Morgan fingerprint density at radius 3 is 1.90 bits per heavy atom. The molecule has 0 aromatic heterocycles. The van der Waals surface area contributed by atoms with Gasteiger partial charge in [-0.05, 0) is 45.9 Å². The van der Waals surface area contributed by atoms with Crippen molar-refractivity contribution in [1.82, 2.24) is 5.43 Å². The Morgan fingerprint density at radius 2 is 1.39 bits per heavy atom. The summed E-state index contributed by atoms with van der Waals surface area (Å²) in [5.74, 6) is -0.0694. The van der Waals surface area contributed by atoms with Gasteiger partial charge in [-0.25, -0.2) is 5.43 Å². The van der Waals surface area contributed by atoms with E-state index in [4.69, 9.17) is 0 Å². The van der Waals surface area contributed by atoms with E-state index in [1.165, 1.54) is 6.21 Å². The third-order valence-corrected chi connectivity index (χ3v) is 5.25. The minimum absolute atomic E-state index is 0.0892. The second kappa shape index (κ2) is 8.06. The van der Waals surface area contributed by atoms with Crippen LogP contribution in [0, 0.1) is 0 Å². The van der Waals surface area contributed by atoms with E-state index >= 15 is 0 Å². The summed E-state index contributed by atoms with van der Waals surface area (Å²) in [6.45, 7) is 12.0. The van der Waals surface area contributed by atoms with Crippen LogP contribution in [0.3, 0.4) is 0 Å². The van der Waals surface area contributed by atoms with E-state index < -0.39 is 0 Å². The van der Waals surface area contributed by atoms with Crippen molar-refractivity contribution in [2.75, 3.05) is 0 Å². The van der Waals surface area contributed by atoms with Gasteiger partial charge in [-0.2, -0.15) is 5.10 Å². The standard InChI is InChI=1S/C26H30N2O3/c1-25(2,3)20-12-18(13-21(23(20)30)26(4,5)6)24(31)28-27-15-19-11-16-9-7-8-10-17(16)14-22(19)29/h7-15,29-30H,1-6H3,(H,28,31)/b27-15-. The molecule has 0 radical (unpaired) electrons. The van der Waals surface area contributed by atoms with Crippen LogP contribution in [0.25, 0.3) is 10.8 Å². The van der Waals surface area contributed by atoms with Crippen molar-refractivity contribution >= 4 is 22.9 Å². The molecule has 0 spiro atoms. The molecule has 0 aliphatic carbocycles. The smallest absolute Gasteiger partial charge is 0.271 e. The van der Waals surface area contributed by atoms with Crippen molar-refractivity contribution < 1.29 is 15.0 Å². The molecule has 0 aliphatic heterocycles. The van der Waals surface area contributed by atoms with Gasteiger partial charge in [0.25, 0.3) is 5.91 Å². The van der Waals surface area contributed by atoms with Crippen LogP contribution in [-0.2, 0) is 10.8 Å². The number of hydrogen-bond donors (Lipinski definition) is 3. The minimum atomic E-state index is -0.382. The molecule has 31 heavy (non-hydrogen) atoms. The van der Waals surface area contributed by atoms with Crippen molar-refractivity contribution in [2.45, 2.75) is 52.4 Å². The first kappa shape index (κ1) is 22.3. The van der Waals surface area contributed by atoms with E-state index in [9.17, 15) is 15.0 Å². The lowest BCUT2D eigenvalue weighted by atomic mass is 9.78. The summed E-state index contributed by atoms with van der Waals surface area (Å²) in [5.41, 5.74) is 4.22. The van der Waals surface area contributed by atoms with Crippen LogP contribution in [0.4, 0.5) is 0 Å². The Balaban J connectivity index is 1.91. The molecule has 5 heteroatoms. The zero-order chi connectivity index (χ0) is 23.0. The number of nitrogens with zero attached hydrogens (tertiary/aromatic N) is 1. The van der Waals surface area contributed by atoms with E-state index in [1.807, 2.05) is 71.9 Å². The molecule has 0 heterocycles. The number of carbonyl (C=O) groups excluding carboxylic acids is 1. The quantitative estimate of drug-likeness (QED) is 0.382. The fraction of sp³-hybridized carbons (Fsp3) is 0.308. The number of nitrogens with one attached hydrogen (secondary N) is 1. The molecule has 3 N–H and O–H groups in total. The predicted molar refractivity (Wildman–Crippen MR) is 126 cm³/mol. The lowest BCUT2D eigenvalue weighted by Gasteiger charge is -2.28. The zero-order valence-electron chi connectivity index (χ0n) is 18.9. The van der Waals surface area contributed by atoms with Crippen molar-refractivity contribution in [3.63, 3.8) is 0 Å². The molecule has 0 saturated carbocycles. The zero-order valence-corrected chi connectivity index (χ0v) is 18.9. The summed E-state index contributed by atoms with van der Waals surface area (Å²) in [6, 6.07) is 14.6. The van der Waals surface area contributed by atoms with Crippen LogP contribution in [0.15, 0.2) is 53.6 Å². The molecular weight excluding hydrogens is 388 g/mol. The van der Waals surface area contributed by atoms with E-state index in [-0.39, 0.29) is 28.2 Å². The Kier molecular flexibility index (Phi) is 5.81. The predicted octanol–water partition coefficient (Wildman–Crippen LogP) is 5.61. The van der Waals surface area contributed by atoms with Gasteiger partial charge in [0.05, 0.1) is 6.21 Å². The average Bonchev–Trinajstić information content (AvgIpc) is 2.66. The van der Waals surface area contributed by atoms with Gasteiger partial charge in [0.15, 0.2) is 0 Å². The number of phenols is 2. The number of amides is 1. The monoisotopic (exact) mass is 418 g/mol. The molecule has 3 aromatic carbocycles. The van der Waals surface area contributed by atoms with Crippen LogP contribution >= 0.6 is 0 Å². The van der Waals surface area contributed by atoms with Crippen molar-refractivity contribution in [3.8, 4) is 11.5 Å². The lowest BCUT2D eigenvalue weighted by Crippen LogP contribution is -2.22. The normalized spacial score (nSPS) is 12.5. The summed E-state index contributed by atoms with van der Waals surface area (Å²) in [4.78, 5) is 12.8. The van der Waals surface area contributed by atoms with Crippen LogP contribution in [0.2, 0.25) is 0 Å². The van der Waals surface area contributed by atoms with E-state index in [0.717, 1.165) is 10.8 Å². The summed E-state index contributed by atoms with van der Waals surface area (Å²) in [6.07, 6.45) is 1.43. The molecule has 0 aliphatic rings. The summed E-state index contributed by atoms with van der Waals surface area (Å²) < 4.78 is 0. The highest BCUT2D eigenvalue weighted by Gasteiger charge is 2.27. The molecule has 5 nitrogen and oxygen atoms in total. The van der Waals surface area contributed by atoms with Gasteiger partial charge >= 0.3 is 0 Å². The van der Waals surface area contributed by atoms with Crippen molar-refractivity contribution in [3.05, 3.63) is 70.8 Å². The SMILES string of the molecule is CC(C)(C)c1cc(C(=O)N/N=C\c2cc3ccccc3cc2O)cc(C(C)(C)C)c1O. The van der Waals surface area contributed by atoms with Gasteiger partial charge in [0, 0.05) is 22.3 Å². The van der Waals surface area contributed by atoms with Crippen LogP contribution in [0.1, 0.15) is 68.6 Å². The summed E-state index contributed by atoms with van der Waals surface area (Å²) >= 11 is 0. The maximum absolute atomic E-state index is 12.8. The minimum Gasteiger partial charge on any atom is -0.507 e. The molecule has 3 aromatic rings. The lowest BCUT2D eigenvalue weighted by molar-refractivity contribution is 0.0955. The molecular formula is C26H30N2O3. The van der Waals surface area contributed by atoms with Gasteiger partial charge in [-0.1, -0.05) is 65.8 Å². The summed E-state index contributed by atoms with van der Waals surface area (Å²) in [7, 11) is 0. The average molecular weight is 419 g/mol. The number of phenolic OH excluding ortho intramolecular Hbond substituents is 2. The molecule has 0 bridgehead atoms. The van der Waals surface area contributed by atoms with Gasteiger partial charge in [0.1, 0.15) is 11.5 Å². The fourth-order valence-electron chi connectivity index (χ4n) is 3.48. The fourth-order valence-corrected chi connectivity index (χ4v) is 3.48. The second-order valence-electron chi connectivity index (χ2n) is 9.88. The van der Waals surface area contributed by atoms with Crippen LogP contribution in [0.5, 0.6) is 11.5 Å². The third kappa shape index (κ3) is 4.88. The highest BCUT2D eigenvalue weighted by molar-refractivity contribution is 5.97.